The summed E-state index contributed by atoms with van der Waals surface area (Å²) in [6, 6.07) is 11.2. The predicted molar refractivity (Wildman–Crippen MR) is 138 cm³/mol. The van der Waals surface area contributed by atoms with Gasteiger partial charge in [0, 0.05) is 22.9 Å². The van der Waals surface area contributed by atoms with Gasteiger partial charge in [-0.1, -0.05) is 35.3 Å². The minimum Gasteiger partial charge on any atom is -0.353 e. The first-order chi connectivity index (χ1) is 16.9. The molecule has 35 heavy (non-hydrogen) atoms. The van der Waals surface area contributed by atoms with Crippen molar-refractivity contribution in [2.24, 2.45) is 0 Å². The molecule has 7 nitrogen and oxygen atoms in total. The molecule has 0 bridgehead atoms. The van der Waals surface area contributed by atoms with E-state index in [4.69, 9.17) is 23.2 Å². The number of halogens is 2. The maximum atomic E-state index is 13.5. The van der Waals surface area contributed by atoms with Gasteiger partial charge in [0.2, 0.25) is 0 Å². The van der Waals surface area contributed by atoms with Crippen LogP contribution in [0.2, 0.25) is 10.0 Å². The van der Waals surface area contributed by atoms with E-state index in [1.807, 2.05) is 31.3 Å². The molecule has 2 N–H and O–H groups in total. The lowest BCUT2D eigenvalue weighted by molar-refractivity contribution is 0.0951. The fourth-order valence-electron chi connectivity index (χ4n) is 4.30. The Morgan fingerprint density at radius 1 is 1.06 bits per heavy atom. The first-order valence-corrected chi connectivity index (χ1v) is 12.4. The lowest BCUT2D eigenvalue weighted by atomic mass is 10.1. The second-order valence-corrected chi connectivity index (χ2v) is 10.1. The molecule has 6 rings (SSSR count). The van der Waals surface area contributed by atoms with Gasteiger partial charge < -0.3 is 10.6 Å². The van der Waals surface area contributed by atoms with E-state index in [1.165, 1.54) is 0 Å². The second-order valence-electron chi connectivity index (χ2n) is 9.27. The average Bonchev–Trinajstić information content (AvgIpc) is 3.76. The van der Waals surface area contributed by atoms with Crippen LogP contribution in [0.3, 0.4) is 0 Å². The standard InChI is InChI=1S/C26H23Cl2N5O2/c1-14-5-6-15(25(34)31-16-7-8-16)11-21(14)30-17-12-29-24-23(22-19(27)3-2-4-20(22)28)26(35)33(18-9-10-18)32(24)13-17/h2-6,11-13,16,18,30H,7-10H2,1H3,(H,31,34). The molecule has 2 aromatic carbocycles. The number of nitrogens with one attached hydrogen (secondary N) is 2. The van der Waals surface area contributed by atoms with Crippen LogP contribution in [0.25, 0.3) is 16.8 Å². The zero-order valence-electron chi connectivity index (χ0n) is 19.0. The molecule has 2 fully saturated rings. The number of hydrogen-bond donors (Lipinski definition) is 2. The molecular formula is C26H23Cl2N5O2. The summed E-state index contributed by atoms with van der Waals surface area (Å²) in [7, 11) is 0. The van der Waals surface area contributed by atoms with Gasteiger partial charge in [-0.25, -0.2) is 14.2 Å². The fourth-order valence-corrected chi connectivity index (χ4v) is 4.88. The van der Waals surface area contributed by atoms with Crippen LogP contribution in [0.1, 0.15) is 47.6 Å². The molecule has 4 aromatic rings. The largest absolute Gasteiger partial charge is 0.353 e. The van der Waals surface area contributed by atoms with E-state index in [1.54, 1.807) is 33.6 Å². The number of nitrogens with zero attached hydrogens (tertiary/aromatic N) is 3. The van der Waals surface area contributed by atoms with Crippen molar-refractivity contribution in [3.8, 4) is 11.1 Å². The normalized spacial score (nSPS) is 15.4. The molecule has 0 radical (unpaired) electrons. The molecule has 2 aromatic heterocycles. The number of anilines is 2. The smallest absolute Gasteiger partial charge is 0.277 e. The number of aryl methyl sites for hydroxylation is 1. The molecule has 0 atom stereocenters. The van der Waals surface area contributed by atoms with Crippen LogP contribution in [-0.4, -0.2) is 26.1 Å². The Morgan fingerprint density at radius 2 is 1.80 bits per heavy atom. The number of rotatable bonds is 6. The summed E-state index contributed by atoms with van der Waals surface area (Å²) >= 11 is 12.9. The van der Waals surface area contributed by atoms with Crippen LogP contribution in [-0.2, 0) is 0 Å². The van der Waals surface area contributed by atoms with Crippen molar-refractivity contribution in [2.45, 2.75) is 44.7 Å². The second kappa shape index (κ2) is 8.43. The van der Waals surface area contributed by atoms with E-state index in [-0.39, 0.29) is 17.5 Å². The number of aromatic nitrogens is 3. The molecule has 2 saturated carbocycles. The maximum Gasteiger partial charge on any atom is 0.277 e. The van der Waals surface area contributed by atoms with Crippen LogP contribution in [0.15, 0.2) is 53.6 Å². The van der Waals surface area contributed by atoms with Crippen LogP contribution in [0.5, 0.6) is 0 Å². The Labute approximate surface area is 211 Å². The number of fused-ring (bicyclic) bond motifs is 1. The number of benzene rings is 2. The van der Waals surface area contributed by atoms with Crippen LogP contribution in [0, 0.1) is 6.92 Å². The molecule has 2 heterocycles. The maximum absolute atomic E-state index is 13.5. The fraction of sp³-hybridized carbons (Fsp3) is 0.269. The minimum absolute atomic E-state index is 0.0710. The van der Waals surface area contributed by atoms with E-state index in [2.05, 4.69) is 15.6 Å². The van der Waals surface area contributed by atoms with Crippen molar-refractivity contribution < 1.29 is 4.79 Å². The quantitative estimate of drug-likeness (QED) is 0.348. The average molecular weight is 508 g/mol. The summed E-state index contributed by atoms with van der Waals surface area (Å²) in [6.07, 6.45) is 7.46. The highest BCUT2D eigenvalue weighted by Gasteiger charge is 2.31. The van der Waals surface area contributed by atoms with E-state index in [9.17, 15) is 9.59 Å². The van der Waals surface area contributed by atoms with E-state index < -0.39 is 0 Å². The first-order valence-electron chi connectivity index (χ1n) is 11.7. The summed E-state index contributed by atoms with van der Waals surface area (Å²) in [5.74, 6) is -0.0710. The highest BCUT2D eigenvalue weighted by atomic mass is 35.5. The molecule has 2 aliphatic carbocycles. The van der Waals surface area contributed by atoms with Crippen LogP contribution in [0.4, 0.5) is 11.4 Å². The summed E-state index contributed by atoms with van der Waals surface area (Å²) in [5, 5.41) is 7.21. The molecular weight excluding hydrogens is 485 g/mol. The number of hydrogen-bond acceptors (Lipinski definition) is 4. The van der Waals surface area contributed by atoms with Gasteiger partial charge in [0.15, 0.2) is 5.65 Å². The van der Waals surface area contributed by atoms with Crippen molar-refractivity contribution in [1.29, 1.82) is 0 Å². The van der Waals surface area contributed by atoms with Crippen molar-refractivity contribution in [3.05, 3.63) is 80.3 Å². The molecule has 9 heteroatoms. The zero-order chi connectivity index (χ0) is 24.3. The third-order valence-electron chi connectivity index (χ3n) is 6.48. The van der Waals surface area contributed by atoms with Gasteiger partial charge in [-0.15, -0.1) is 0 Å². The number of amides is 1. The predicted octanol–water partition coefficient (Wildman–Crippen LogP) is 5.75. The molecule has 0 aliphatic heterocycles. The minimum atomic E-state index is -0.165. The van der Waals surface area contributed by atoms with Crippen molar-refractivity contribution in [2.75, 3.05) is 5.32 Å². The third kappa shape index (κ3) is 4.09. The van der Waals surface area contributed by atoms with Gasteiger partial charge in [-0.2, -0.15) is 0 Å². The zero-order valence-corrected chi connectivity index (χ0v) is 20.5. The van der Waals surface area contributed by atoms with Gasteiger partial charge in [-0.3, -0.25) is 9.59 Å². The molecule has 1 amide bonds. The highest BCUT2D eigenvalue weighted by Crippen LogP contribution is 2.39. The SMILES string of the molecule is Cc1ccc(C(=O)NC2CC2)cc1Nc1cnc2c(-c3c(Cl)cccc3Cl)c(=O)n(C3CC3)n2c1. The summed E-state index contributed by atoms with van der Waals surface area (Å²) < 4.78 is 3.52. The van der Waals surface area contributed by atoms with E-state index >= 15 is 0 Å². The third-order valence-corrected chi connectivity index (χ3v) is 7.11. The Bertz CT molecular complexity index is 1530. The Kier molecular flexibility index (Phi) is 5.34. The number of carbonyl (C=O) groups is 1. The van der Waals surface area contributed by atoms with E-state index in [0.717, 1.165) is 36.9 Å². The monoisotopic (exact) mass is 507 g/mol. The lowest BCUT2D eigenvalue weighted by Crippen LogP contribution is -2.25. The molecule has 0 saturated heterocycles. The summed E-state index contributed by atoms with van der Waals surface area (Å²) in [4.78, 5) is 30.7. The van der Waals surface area contributed by atoms with Crippen molar-refractivity contribution in [3.63, 3.8) is 0 Å². The lowest BCUT2D eigenvalue weighted by Gasteiger charge is -2.13. The van der Waals surface area contributed by atoms with Gasteiger partial charge in [-0.05, 0) is 62.4 Å². The molecule has 178 valence electrons. The summed E-state index contributed by atoms with van der Waals surface area (Å²) in [6.45, 7) is 1.98. The van der Waals surface area contributed by atoms with Crippen molar-refractivity contribution >= 4 is 46.1 Å². The Hall–Kier alpha value is -3.29. The molecule has 2 aliphatic rings. The van der Waals surface area contributed by atoms with Crippen molar-refractivity contribution in [1.82, 2.24) is 19.5 Å². The first kappa shape index (κ1) is 22.2. The Morgan fingerprint density at radius 3 is 2.49 bits per heavy atom. The van der Waals surface area contributed by atoms with Gasteiger partial charge in [0.05, 0.1) is 39.7 Å². The summed E-state index contributed by atoms with van der Waals surface area (Å²) in [5.41, 5.74) is 4.32. The highest BCUT2D eigenvalue weighted by molar-refractivity contribution is 6.39. The van der Waals surface area contributed by atoms with Gasteiger partial charge >= 0.3 is 0 Å². The van der Waals surface area contributed by atoms with Crippen LogP contribution >= 0.6 is 23.2 Å². The van der Waals surface area contributed by atoms with Gasteiger partial charge in [0.25, 0.3) is 11.5 Å². The number of carbonyl (C=O) groups excluding carboxylic acids is 1. The van der Waals surface area contributed by atoms with E-state index in [0.29, 0.717) is 44.1 Å². The topological polar surface area (TPSA) is 80.4 Å². The van der Waals surface area contributed by atoms with Crippen LogP contribution < -0.4 is 16.2 Å². The molecule has 0 unspecified atom stereocenters. The molecule has 0 spiro atoms. The Balaban J connectivity index is 1.42. The van der Waals surface area contributed by atoms with Gasteiger partial charge in [0.1, 0.15) is 0 Å².